The minimum atomic E-state index is -0.192. The van der Waals surface area contributed by atoms with Gasteiger partial charge in [-0.15, -0.1) is 0 Å². The van der Waals surface area contributed by atoms with Crippen LogP contribution in [0.1, 0.15) is 31.2 Å². The first-order valence-corrected chi connectivity index (χ1v) is 7.01. The third kappa shape index (κ3) is 4.23. The molecule has 1 fully saturated rings. The zero-order chi connectivity index (χ0) is 12.8. The molecule has 0 aliphatic carbocycles. The number of hydrogen-bond acceptors (Lipinski definition) is 2. The Labute approximate surface area is 113 Å². The smallest absolute Gasteiger partial charge is 0.127 e. The fraction of sp³-hybridized carbons (Fsp3) is 0.571. The lowest BCUT2D eigenvalue weighted by molar-refractivity contribution is 0.376. The molecule has 18 heavy (non-hydrogen) atoms. The Morgan fingerprint density at radius 2 is 2.28 bits per heavy atom. The zero-order valence-electron chi connectivity index (χ0n) is 10.5. The van der Waals surface area contributed by atoms with Crippen molar-refractivity contribution in [1.82, 2.24) is 10.6 Å². The van der Waals surface area contributed by atoms with Crippen molar-refractivity contribution >= 4 is 11.6 Å². The molecule has 2 nitrogen and oxygen atoms in total. The van der Waals surface area contributed by atoms with E-state index in [1.54, 1.807) is 12.1 Å². The lowest BCUT2D eigenvalue weighted by Crippen LogP contribution is -2.36. The number of hydrogen-bond donors (Lipinski definition) is 2. The first kappa shape index (κ1) is 13.8. The summed E-state index contributed by atoms with van der Waals surface area (Å²) >= 11 is 5.85. The minimum absolute atomic E-state index is 0.192. The fourth-order valence-electron chi connectivity index (χ4n) is 2.35. The Morgan fingerprint density at radius 1 is 1.39 bits per heavy atom. The van der Waals surface area contributed by atoms with Gasteiger partial charge in [0, 0.05) is 23.2 Å². The maximum atomic E-state index is 13.4. The lowest BCUT2D eigenvalue weighted by Gasteiger charge is -2.23. The molecule has 0 spiro atoms. The average Bonchev–Trinajstić information content (AvgIpc) is 2.40. The highest BCUT2D eigenvalue weighted by molar-refractivity contribution is 6.30. The number of halogens is 2. The van der Waals surface area contributed by atoms with Crippen LogP contribution in [0.4, 0.5) is 4.39 Å². The minimum Gasteiger partial charge on any atom is -0.314 e. The summed E-state index contributed by atoms with van der Waals surface area (Å²) in [6.07, 6.45) is 4.97. The van der Waals surface area contributed by atoms with E-state index in [1.807, 2.05) is 0 Å². The summed E-state index contributed by atoms with van der Waals surface area (Å²) in [7, 11) is 0. The SMILES string of the molecule is Fc1ccc(Cl)cc1CNCCC1CCCCN1. The largest absolute Gasteiger partial charge is 0.314 e. The maximum Gasteiger partial charge on any atom is 0.127 e. The van der Waals surface area contributed by atoms with Crippen LogP contribution in [-0.2, 0) is 6.54 Å². The van der Waals surface area contributed by atoms with Gasteiger partial charge in [0.15, 0.2) is 0 Å². The van der Waals surface area contributed by atoms with E-state index in [4.69, 9.17) is 11.6 Å². The topological polar surface area (TPSA) is 24.1 Å². The van der Waals surface area contributed by atoms with Crippen molar-refractivity contribution in [3.63, 3.8) is 0 Å². The molecule has 0 radical (unpaired) electrons. The molecule has 1 aliphatic rings. The van der Waals surface area contributed by atoms with Gasteiger partial charge in [0.25, 0.3) is 0 Å². The van der Waals surface area contributed by atoms with E-state index in [9.17, 15) is 4.39 Å². The Bertz CT molecular complexity index is 378. The third-order valence-electron chi connectivity index (χ3n) is 3.41. The normalized spacial score (nSPS) is 20.0. The molecule has 0 bridgehead atoms. The summed E-state index contributed by atoms with van der Waals surface area (Å²) in [5, 5.41) is 7.37. The monoisotopic (exact) mass is 270 g/mol. The number of rotatable bonds is 5. The van der Waals surface area contributed by atoms with E-state index in [-0.39, 0.29) is 5.82 Å². The van der Waals surface area contributed by atoms with Crippen LogP contribution < -0.4 is 10.6 Å². The molecule has 0 saturated carbocycles. The van der Waals surface area contributed by atoms with Crippen LogP contribution in [0.15, 0.2) is 18.2 Å². The molecular formula is C14H20ClFN2. The first-order chi connectivity index (χ1) is 8.75. The molecule has 1 aliphatic heterocycles. The van der Waals surface area contributed by atoms with Crippen LogP contribution in [-0.4, -0.2) is 19.1 Å². The number of piperidine rings is 1. The Kier molecular flexibility index (Phi) is 5.42. The van der Waals surface area contributed by atoms with Gasteiger partial charge in [0.05, 0.1) is 0 Å². The van der Waals surface area contributed by atoms with Crippen molar-refractivity contribution in [2.24, 2.45) is 0 Å². The quantitative estimate of drug-likeness (QED) is 0.804. The molecule has 2 rings (SSSR count). The highest BCUT2D eigenvalue weighted by Gasteiger charge is 2.11. The van der Waals surface area contributed by atoms with Gasteiger partial charge in [-0.1, -0.05) is 18.0 Å². The third-order valence-corrected chi connectivity index (χ3v) is 3.64. The molecule has 1 saturated heterocycles. The molecule has 4 heteroatoms. The van der Waals surface area contributed by atoms with Crippen LogP contribution in [0.25, 0.3) is 0 Å². The van der Waals surface area contributed by atoms with Gasteiger partial charge in [0.2, 0.25) is 0 Å². The maximum absolute atomic E-state index is 13.4. The standard InChI is InChI=1S/C14H20ClFN2/c15-12-4-5-14(16)11(9-12)10-17-8-6-13-3-1-2-7-18-13/h4-5,9,13,17-18H,1-3,6-8,10H2. The van der Waals surface area contributed by atoms with Gasteiger partial charge >= 0.3 is 0 Å². The highest BCUT2D eigenvalue weighted by atomic mass is 35.5. The molecule has 0 amide bonds. The van der Waals surface area contributed by atoms with Crippen LogP contribution in [0, 0.1) is 5.82 Å². The summed E-state index contributed by atoms with van der Waals surface area (Å²) in [5.74, 6) is -0.192. The predicted octanol–water partition coefficient (Wildman–Crippen LogP) is 3.10. The van der Waals surface area contributed by atoms with Crippen LogP contribution in [0.5, 0.6) is 0 Å². The van der Waals surface area contributed by atoms with Gasteiger partial charge in [-0.05, 0) is 50.6 Å². The van der Waals surface area contributed by atoms with Gasteiger partial charge < -0.3 is 10.6 Å². The molecule has 100 valence electrons. The van der Waals surface area contributed by atoms with E-state index >= 15 is 0 Å². The van der Waals surface area contributed by atoms with Gasteiger partial charge in [-0.2, -0.15) is 0 Å². The molecule has 1 aromatic carbocycles. The van der Waals surface area contributed by atoms with Crippen molar-refractivity contribution in [3.05, 3.63) is 34.6 Å². The fourth-order valence-corrected chi connectivity index (χ4v) is 2.54. The molecule has 1 unspecified atom stereocenters. The summed E-state index contributed by atoms with van der Waals surface area (Å²) in [6, 6.07) is 5.30. The van der Waals surface area contributed by atoms with Crippen LogP contribution in [0.2, 0.25) is 5.02 Å². The molecular weight excluding hydrogens is 251 g/mol. The molecule has 0 aromatic heterocycles. The van der Waals surface area contributed by atoms with E-state index < -0.39 is 0 Å². The molecule has 1 heterocycles. The summed E-state index contributed by atoms with van der Waals surface area (Å²) in [4.78, 5) is 0. The van der Waals surface area contributed by atoms with Crippen LogP contribution >= 0.6 is 11.6 Å². The zero-order valence-corrected chi connectivity index (χ0v) is 11.3. The Balaban J connectivity index is 1.69. The van der Waals surface area contributed by atoms with Crippen molar-refractivity contribution in [2.75, 3.05) is 13.1 Å². The highest BCUT2D eigenvalue weighted by Crippen LogP contribution is 2.14. The first-order valence-electron chi connectivity index (χ1n) is 6.64. The molecule has 2 N–H and O–H groups in total. The molecule has 1 atom stereocenters. The van der Waals surface area contributed by atoms with Crippen molar-refractivity contribution in [1.29, 1.82) is 0 Å². The second-order valence-corrected chi connectivity index (χ2v) is 5.28. The van der Waals surface area contributed by atoms with Crippen molar-refractivity contribution in [2.45, 2.75) is 38.3 Å². The Hall–Kier alpha value is -0.640. The Morgan fingerprint density at radius 3 is 3.06 bits per heavy atom. The van der Waals surface area contributed by atoms with Gasteiger partial charge in [-0.3, -0.25) is 0 Å². The van der Waals surface area contributed by atoms with Gasteiger partial charge in [0.1, 0.15) is 5.82 Å². The number of nitrogens with one attached hydrogen (secondary N) is 2. The second-order valence-electron chi connectivity index (χ2n) is 4.85. The van der Waals surface area contributed by atoms with E-state index in [0.29, 0.717) is 23.2 Å². The van der Waals surface area contributed by atoms with E-state index in [0.717, 1.165) is 19.5 Å². The summed E-state index contributed by atoms with van der Waals surface area (Å²) in [5.41, 5.74) is 0.638. The number of benzene rings is 1. The van der Waals surface area contributed by atoms with Crippen molar-refractivity contribution < 1.29 is 4.39 Å². The van der Waals surface area contributed by atoms with E-state index in [1.165, 1.54) is 25.3 Å². The lowest BCUT2D eigenvalue weighted by atomic mass is 10.0. The van der Waals surface area contributed by atoms with E-state index in [2.05, 4.69) is 10.6 Å². The van der Waals surface area contributed by atoms with Crippen LogP contribution in [0.3, 0.4) is 0 Å². The summed E-state index contributed by atoms with van der Waals surface area (Å²) < 4.78 is 13.4. The predicted molar refractivity (Wildman–Crippen MR) is 73.4 cm³/mol. The van der Waals surface area contributed by atoms with Gasteiger partial charge in [-0.25, -0.2) is 4.39 Å². The average molecular weight is 271 g/mol. The molecule has 1 aromatic rings. The second kappa shape index (κ2) is 7.07. The van der Waals surface area contributed by atoms with Crippen molar-refractivity contribution in [3.8, 4) is 0 Å². The summed E-state index contributed by atoms with van der Waals surface area (Å²) in [6.45, 7) is 2.58.